The van der Waals surface area contributed by atoms with Crippen molar-refractivity contribution in [2.75, 3.05) is 6.61 Å². The summed E-state index contributed by atoms with van der Waals surface area (Å²) in [4.78, 5) is 53.5. The van der Waals surface area contributed by atoms with Gasteiger partial charge in [0, 0.05) is 19.0 Å². The van der Waals surface area contributed by atoms with Crippen molar-refractivity contribution in [3.05, 3.63) is 39.9 Å². The minimum Gasteiger partial charge on any atom is -0.452 e. The molecular weight excluding hydrogens is 400 g/mol. The van der Waals surface area contributed by atoms with E-state index >= 15 is 0 Å². The summed E-state index contributed by atoms with van der Waals surface area (Å²) >= 11 is 0. The zero-order valence-electron chi connectivity index (χ0n) is 17.3. The number of esters is 1. The molecule has 4 rings (SSSR count). The molecule has 1 saturated carbocycles. The third-order valence-corrected chi connectivity index (χ3v) is 5.83. The van der Waals surface area contributed by atoms with Gasteiger partial charge in [-0.25, -0.2) is 14.6 Å². The first kappa shape index (κ1) is 21.0. The fourth-order valence-corrected chi connectivity index (χ4v) is 4.21. The molecule has 0 atom stereocenters. The molecule has 1 aromatic carbocycles. The molecule has 0 unspecified atom stereocenters. The molecule has 1 aliphatic heterocycles. The lowest BCUT2D eigenvalue weighted by atomic mass is 10.1. The first-order valence-electron chi connectivity index (χ1n) is 10.8. The van der Waals surface area contributed by atoms with Crippen molar-refractivity contribution in [1.82, 2.24) is 20.2 Å². The number of fused-ring (bicyclic) bond motifs is 2. The molecule has 0 saturated heterocycles. The predicted molar refractivity (Wildman–Crippen MR) is 113 cm³/mol. The van der Waals surface area contributed by atoms with Gasteiger partial charge >= 0.3 is 12.0 Å². The summed E-state index contributed by atoms with van der Waals surface area (Å²) in [6.45, 7) is 0.0829. The summed E-state index contributed by atoms with van der Waals surface area (Å²) in [5.41, 5.74) is 0.531. The Kier molecular flexibility index (Phi) is 6.29. The summed E-state index contributed by atoms with van der Waals surface area (Å²) < 4.78 is 6.75. The van der Waals surface area contributed by atoms with Crippen molar-refractivity contribution >= 4 is 28.8 Å². The minimum absolute atomic E-state index is 0.0829. The van der Waals surface area contributed by atoms with Crippen molar-refractivity contribution < 1.29 is 19.1 Å². The Morgan fingerprint density at radius 1 is 1.10 bits per heavy atom. The van der Waals surface area contributed by atoms with E-state index in [2.05, 4.69) is 15.6 Å². The highest BCUT2D eigenvalue weighted by atomic mass is 16.5. The van der Waals surface area contributed by atoms with Gasteiger partial charge in [-0.2, -0.15) is 0 Å². The number of nitrogens with one attached hydrogen (secondary N) is 2. The van der Waals surface area contributed by atoms with Crippen molar-refractivity contribution in [3.63, 3.8) is 0 Å². The van der Waals surface area contributed by atoms with E-state index in [1.807, 2.05) is 0 Å². The summed E-state index contributed by atoms with van der Waals surface area (Å²) in [5, 5.41) is 5.35. The molecule has 1 fully saturated rings. The molecule has 2 aliphatic rings. The van der Waals surface area contributed by atoms with Gasteiger partial charge in [0.25, 0.3) is 11.5 Å². The maximum Gasteiger partial charge on any atom is 0.338 e. The van der Waals surface area contributed by atoms with Crippen molar-refractivity contribution in [1.29, 1.82) is 0 Å². The van der Waals surface area contributed by atoms with Gasteiger partial charge in [-0.15, -0.1) is 0 Å². The van der Waals surface area contributed by atoms with Gasteiger partial charge in [0.15, 0.2) is 6.61 Å². The second kappa shape index (κ2) is 9.28. The average Bonchev–Trinajstić information content (AvgIpc) is 3.14. The van der Waals surface area contributed by atoms with Crippen LogP contribution in [-0.4, -0.2) is 40.1 Å². The molecule has 9 nitrogen and oxygen atoms in total. The molecule has 9 heteroatoms. The van der Waals surface area contributed by atoms with Crippen LogP contribution in [0.1, 0.15) is 61.1 Å². The molecule has 2 N–H and O–H groups in total. The lowest BCUT2D eigenvalue weighted by Gasteiger charge is -2.12. The number of ether oxygens (including phenoxy) is 1. The van der Waals surface area contributed by atoms with Crippen LogP contribution in [0.2, 0.25) is 0 Å². The summed E-state index contributed by atoms with van der Waals surface area (Å²) in [7, 11) is 0. The lowest BCUT2D eigenvalue weighted by molar-refractivity contribution is -0.123. The highest BCUT2D eigenvalue weighted by Gasteiger charge is 2.19. The number of nitrogens with zero attached hydrogens (tertiary/aromatic N) is 2. The molecule has 2 aromatic rings. The monoisotopic (exact) mass is 426 g/mol. The minimum atomic E-state index is -0.718. The van der Waals surface area contributed by atoms with E-state index in [4.69, 9.17) is 4.74 Å². The molecule has 0 spiro atoms. The van der Waals surface area contributed by atoms with E-state index in [0.717, 1.165) is 57.2 Å². The van der Waals surface area contributed by atoms with Crippen molar-refractivity contribution in [2.24, 2.45) is 0 Å². The smallest absolute Gasteiger partial charge is 0.338 e. The number of benzene rings is 1. The second-order valence-electron chi connectivity index (χ2n) is 8.11. The van der Waals surface area contributed by atoms with Crippen LogP contribution in [0.25, 0.3) is 10.9 Å². The maximum absolute atomic E-state index is 12.8. The topological polar surface area (TPSA) is 119 Å². The third kappa shape index (κ3) is 4.92. The molecule has 1 aromatic heterocycles. The van der Waals surface area contributed by atoms with E-state index in [-0.39, 0.29) is 17.2 Å². The van der Waals surface area contributed by atoms with E-state index in [0.29, 0.717) is 17.4 Å². The number of urea groups is 1. The molecule has 2 heterocycles. The molecule has 1 aliphatic carbocycles. The van der Waals surface area contributed by atoms with E-state index in [9.17, 15) is 19.2 Å². The Labute approximate surface area is 179 Å². The molecular formula is C22H26N4O5. The van der Waals surface area contributed by atoms with Gasteiger partial charge in [0.1, 0.15) is 5.82 Å². The van der Waals surface area contributed by atoms with Crippen LogP contribution in [0.4, 0.5) is 4.79 Å². The van der Waals surface area contributed by atoms with Gasteiger partial charge in [-0.1, -0.05) is 19.3 Å². The van der Waals surface area contributed by atoms with Gasteiger partial charge in [0.05, 0.1) is 16.5 Å². The van der Waals surface area contributed by atoms with E-state index in [1.165, 1.54) is 12.1 Å². The predicted octanol–water partition coefficient (Wildman–Crippen LogP) is 2.05. The summed E-state index contributed by atoms with van der Waals surface area (Å²) in [6.07, 6.45) is 7.63. The van der Waals surface area contributed by atoms with Crippen molar-refractivity contribution in [3.8, 4) is 0 Å². The number of hydrogen-bond acceptors (Lipinski definition) is 6. The average molecular weight is 426 g/mol. The normalized spacial score (nSPS) is 16.4. The SMILES string of the molecule is O=C(COC(=O)c1ccc2c(=O)n3c(nc2c1)CCCCC3)NC(=O)NC1CCCC1. The van der Waals surface area contributed by atoms with Crippen LogP contribution in [0.5, 0.6) is 0 Å². The van der Waals surface area contributed by atoms with Crippen LogP contribution in [0.15, 0.2) is 23.0 Å². The number of hydrogen-bond donors (Lipinski definition) is 2. The van der Waals surface area contributed by atoms with Crippen LogP contribution < -0.4 is 16.2 Å². The van der Waals surface area contributed by atoms with Gasteiger partial charge < -0.3 is 10.1 Å². The number of imide groups is 1. The lowest BCUT2D eigenvalue weighted by Crippen LogP contribution is -2.44. The van der Waals surface area contributed by atoms with Crippen LogP contribution >= 0.6 is 0 Å². The highest BCUT2D eigenvalue weighted by molar-refractivity contribution is 5.98. The zero-order valence-corrected chi connectivity index (χ0v) is 17.3. The standard InChI is InChI=1S/C22H26N4O5/c27-19(25-22(30)23-15-6-3-4-7-15)13-31-21(29)14-9-10-16-17(12-14)24-18-8-2-1-5-11-26(18)20(16)28/h9-10,12,15H,1-8,11,13H2,(H2,23,25,27,30). The Morgan fingerprint density at radius 2 is 1.90 bits per heavy atom. The van der Waals surface area contributed by atoms with Crippen LogP contribution in [0.3, 0.4) is 0 Å². The number of carbonyl (C=O) groups excluding carboxylic acids is 3. The maximum atomic E-state index is 12.8. The largest absolute Gasteiger partial charge is 0.452 e. The highest BCUT2D eigenvalue weighted by Crippen LogP contribution is 2.18. The first-order chi connectivity index (χ1) is 15.0. The second-order valence-corrected chi connectivity index (χ2v) is 8.11. The molecule has 31 heavy (non-hydrogen) atoms. The number of rotatable bonds is 4. The Morgan fingerprint density at radius 3 is 2.71 bits per heavy atom. The van der Waals surface area contributed by atoms with Gasteiger partial charge in [-0.3, -0.25) is 19.5 Å². The van der Waals surface area contributed by atoms with Crippen LogP contribution in [-0.2, 0) is 22.5 Å². The Bertz CT molecular complexity index is 1070. The van der Waals surface area contributed by atoms with E-state index < -0.39 is 24.5 Å². The molecule has 0 bridgehead atoms. The molecule has 164 valence electrons. The number of aromatic nitrogens is 2. The summed E-state index contributed by atoms with van der Waals surface area (Å²) in [6, 6.07) is 4.06. The third-order valence-electron chi connectivity index (χ3n) is 5.83. The van der Waals surface area contributed by atoms with Gasteiger partial charge in [0.2, 0.25) is 0 Å². The van der Waals surface area contributed by atoms with Crippen molar-refractivity contribution in [2.45, 2.75) is 64.0 Å². The number of amides is 3. The number of carbonyl (C=O) groups is 3. The Hall–Kier alpha value is -3.23. The fourth-order valence-electron chi connectivity index (χ4n) is 4.21. The molecule has 0 radical (unpaired) electrons. The Balaban J connectivity index is 1.39. The fraction of sp³-hybridized carbons (Fsp3) is 0.500. The molecule has 3 amide bonds. The van der Waals surface area contributed by atoms with Crippen LogP contribution in [0, 0.1) is 0 Å². The van der Waals surface area contributed by atoms with Gasteiger partial charge in [-0.05, 0) is 43.9 Å². The van der Waals surface area contributed by atoms with E-state index in [1.54, 1.807) is 10.6 Å². The zero-order chi connectivity index (χ0) is 21.8. The quantitative estimate of drug-likeness (QED) is 0.722. The number of aryl methyl sites for hydroxylation is 1. The summed E-state index contributed by atoms with van der Waals surface area (Å²) in [5.74, 6) is -0.690. The first-order valence-corrected chi connectivity index (χ1v) is 10.8.